The Morgan fingerprint density at radius 1 is 1.35 bits per heavy atom. The smallest absolute Gasteiger partial charge is 0.240 e. The second kappa shape index (κ2) is 10.1. The molecule has 1 saturated carbocycles. The van der Waals surface area contributed by atoms with Gasteiger partial charge >= 0.3 is 0 Å². The zero-order valence-corrected chi connectivity index (χ0v) is 21.8. The molecule has 1 fully saturated rings. The minimum absolute atomic E-state index is 0.0608. The first-order valence-electron chi connectivity index (χ1n) is 11.5. The molecule has 0 saturated heterocycles. The highest BCUT2D eigenvalue weighted by Gasteiger charge is 2.51. The van der Waals surface area contributed by atoms with Crippen molar-refractivity contribution < 1.29 is 14.7 Å². The van der Waals surface area contributed by atoms with Crippen molar-refractivity contribution in [2.45, 2.75) is 56.0 Å². The first-order valence-corrected chi connectivity index (χ1v) is 14.3. The summed E-state index contributed by atoms with van der Waals surface area (Å²) in [5.41, 5.74) is 3.00. The molecule has 0 radical (unpaired) electrons. The van der Waals surface area contributed by atoms with Gasteiger partial charge in [-0.1, -0.05) is 6.07 Å². The average Bonchev–Trinajstić information content (AvgIpc) is 3.23. The van der Waals surface area contributed by atoms with Crippen LogP contribution in [0.3, 0.4) is 0 Å². The lowest BCUT2D eigenvalue weighted by Gasteiger charge is -2.53. The van der Waals surface area contributed by atoms with E-state index in [4.69, 9.17) is 5.11 Å². The molecule has 34 heavy (non-hydrogen) atoms. The van der Waals surface area contributed by atoms with Crippen LogP contribution in [0.5, 0.6) is 0 Å². The molecular formula is C24H38N6O3S. The number of carbonyl (C=O) groups excluding carboxylic acids is 2. The van der Waals surface area contributed by atoms with Gasteiger partial charge in [0.2, 0.25) is 12.3 Å². The molecule has 10 heteroatoms. The minimum atomic E-state index is -0.938. The molecule has 4 rings (SSSR count). The lowest BCUT2D eigenvalue weighted by molar-refractivity contribution is -0.120. The number of rotatable bonds is 7. The van der Waals surface area contributed by atoms with E-state index in [0.29, 0.717) is 6.41 Å². The molecular weight excluding hydrogens is 452 g/mol. The van der Waals surface area contributed by atoms with Crippen molar-refractivity contribution in [1.82, 2.24) is 25.4 Å². The van der Waals surface area contributed by atoms with Gasteiger partial charge in [-0.2, -0.15) is 5.10 Å². The highest BCUT2D eigenvalue weighted by molar-refractivity contribution is 8.33. The van der Waals surface area contributed by atoms with Crippen molar-refractivity contribution >= 4 is 28.2 Å². The Balaban J connectivity index is 0.000000229. The van der Waals surface area contributed by atoms with E-state index < -0.39 is 10.0 Å². The van der Waals surface area contributed by atoms with E-state index in [0.717, 1.165) is 48.4 Å². The largest absolute Gasteiger partial charge is 0.394 e. The number of aromatic amines is 1. The fourth-order valence-corrected chi connectivity index (χ4v) is 6.63. The zero-order valence-electron chi connectivity index (χ0n) is 21.0. The van der Waals surface area contributed by atoms with Crippen LogP contribution in [-0.4, -0.2) is 74.7 Å². The van der Waals surface area contributed by atoms with Gasteiger partial charge in [-0.15, -0.1) is 0 Å². The van der Waals surface area contributed by atoms with E-state index in [2.05, 4.69) is 70.4 Å². The van der Waals surface area contributed by atoms with E-state index in [1.165, 1.54) is 0 Å². The summed E-state index contributed by atoms with van der Waals surface area (Å²) in [4.78, 5) is 29.2. The fourth-order valence-electron chi connectivity index (χ4n) is 4.51. The minimum Gasteiger partial charge on any atom is -0.394 e. The molecule has 2 aromatic heterocycles. The molecule has 1 aliphatic heterocycles. The van der Waals surface area contributed by atoms with E-state index in [-0.39, 0.29) is 28.8 Å². The van der Waals surface area contributed by atoms with E-state index in [9.17, 15) is 9.59 Å². The summed E-state index contributed by atoms with van der Waals surface area (Å²) in [6.45, 7) is 5.05. The Bertz CT molecular complexity index is 998. The van der Waals surface area contributed by atoms with Crippen LogP contribution in [0.25, 0.3) is 0 Å². The molecule has 0 bridgehead atoms. The van der Waals surface area contributed by atoms with Crippen molar-refractivity contribution in [3.8, 4) is 0 Å². The lowest BCUT2D eigenvalue weighted by Crippen LogP contribution is -2.51. The molecule has 1 atom stereocenters. The maximum atomic E-state index is 12.9. The Kier molecular flexibility index (Phi) is 7.74. The quantitative estimate of drug-likeness (QED) is 0.442. The summed E-state index contributed by atoms with van der Waals surface area (Å²) in [7, 11) is 1.17. The van der Waals surface area contributed by atoms with Crippen LogP contribution in [0, 0.1) is 0 Å². The molecule has 4 N–H and O–H groups in total. The number of amides is 2. The molecule has 188 valence electrons. The van der Waals surface area contributed by atoms with E-state index in [1.807, 2.05) is 0 Å². The number of carbonyl (C=O) groups is 2. The van der Waals surface area contributed by atoms with Gasteiger partial charge in [0.1, 0.15) is 0 Å². The van der Waals surface area contributed by atoms with Crippen LogP contribution < -0.4 is 10.6 Å². The van der Waals surface area contributed by atoms with Gasteiger partial charge in [0, 0.05) is 24.5 Å². The second-order valence-corrected chi connectivity index (χ2v) is 14.7. The topological polar surface area (TPSA) is 123 Å². The van der Waals surface area contributed by atoms with Gasteiger partial charge < -0.3 is 15.7 Å². The summed E-state index contributed by atoms with van der Waals surface area (Å²) in [6, 6.07) is 3.20. The molecule has 0 spiro atoms. The lowest BCUT2D eigenvalue weighted by atomic mass is 9.83. The predicted molar refractivity (Wildman–Crippen MR) is 137 cm³/mol. The van der Waals surface area contributed by atoms with Gasteiger partial charge in [-0.3, -0.25) is 24.6 Å². The van der Waals surface area contributed by atoms with E-state index in [1.54, 1.807) is 24.5 Å². The number of H-pyrrole nitrogens is 1. The number of anilines is 1. The highest BCUT2D eigenvalue weighted by Crippen LogP contribution is 2.60. The van der Waals surface area contributed by atoms with Gasteiger partial charge in [0.05, 0.1) is 28.6 Å². The van der Waals surface area contributed by atoms with Crippen LogP contribution >= 0.6 is 10.0 Å². The normalized spacial score (nSPS) is 19.6. The van der Waals surface area contributed by atoms with Crippen LogP contribution in [0.2, 0.25) is 0 Å². The predicted octanol–water partition coefficient (Wildman–Crippen LogP) is 2.51. The Hall–Kier alpha value is -2.43. The number of pyridine rings is 1. The standard InChI is InChI=1S/C16H28N4OS.C8H10N2O2/c1-15(2)12-11(10-20(15)3)13(19-18-12)17-14(21)16(8-7-9-16)22(4,5)6;11-5-8(10-6-12)7-2-1-3-9-4-7/h7-10H2,1-6H3,(H2,17,18,19,21);1-4,6,8,11H,5H2,(H,10,12). The number of aliphatic hydroxyl groups is 1. The maximum absolute atomic E-state index is 12.9. The highest BCUT2D eigenvalue weighted by atomic mass is 32.3. The third-order valence-corrected chi connectivity index (χ3v) is 10.3. The van der Waals surface area contributed by atoms with Gasteiger partial charge in [-0.05, 0) is 70.6 Å². The van der Waals surface area contributed by atoms with Crippen molar-refractivity contribution in [3.05, 3.63) is 41.3 Å². The Morgan fingerprint density at radius 3 is 2.56 bits per heavy atom. The molecule has 1 unspecified atom stereocenters. The number of aromatic nitrogens is 3. The molecule has 3 heterocycles. The van der Waals surface area contributed by atoms with Crippen LogP contribution in [0.15, 0.2) is 24.5 Å². The van der Waals surface area contributed by atoms with Crippen molar-refractivity contribution in [2.75, 3.05) is 37.7 Å². The second-order valence-electron chi connectivity index (χ2n) is 10.3. The summed E-state index contributed by atoms with van der Waals surface area (Å²) in [5, 5.41) is 22.0. The Morgan fingerprint density at radius 2 is 2.06 bits per heavy atom. The maximum Gasteiger partial charge on any atom is 0.240 e. The zero-order chi connectivity index (χ0) is 25.1. The number of hydrogen-bond acceptors (Lipinski definition) is 6. The number of hydrogen-bond donors (Lipinski definition) is 4. The first-order chi connectivity index (χ1) is 16.0. The fraction of sp³-hybridized carbons (Fsp3) is 0.583. The SMILES string of the molecule is CN1Cc2c(NC(=O)C3(S(C)(C)C)CCC3)n[nH]c2C1(C)C.O=CNC(CO)c1cccnc1. The number of fused-ring (bicyclic) bond motifs is 1. The third kappa shape index (κ3) is 4.85. The molecule has 9 nitrogen and oxygen atoms in total. The van der Waals surface area contributed by atoms with Crippen molar-refractivity contribution in [1.29, 1.82) is 0 Å². The molecule has 0 aromatic carbocycles. The molecule has 1 aliphatic carbocycles. The molecule has 2 aliphatic rings. The molecule has 2 amide bonds. The van der Waals surface area contributed by atoms with E-state index >= 15 is 0 Å². The summed E-state index contributed by atoms with van der Waals surface area (Å²) in [5.74, 6) is 0.898. The van der Waals surface area contributed by atoms with Gasteiger partial charge in [-0.25, -0.2) is 10.0 Å². The van der Waals surface area contributed by atoms with Crippen molar-refractivity contribution in [3.63, 3.8) is 0 Å². The number of aliphatic hydroxyl groups excluding tert-OH is 1. The van der Waals surface area contributed by atoms with Gasteiger partial charge in [0.15, 0.2) is 5.82 Å². The van der Waals surface area contributed by atoms with Crippen LogP contribution in [0.4, 0.5) is 5.82 Å². The molecule has 2 aromatic rings. The monoisotopic (exact) mass is 490 g/mol. The van der Waals surface area contributed by atoms with Gasteiger partial charge in [0.25, 0.3) is 0 Å². The Labute approximate surface area is 203 Å². The average molecular weight is 491 g/mol. The third-order valence-electron chi connectivity index (χ3n) is 7.35. The number of nitrogens with zero attached hydrogens (tertiary/aromatic N) is 3. The van der Waals surface area contributed by atoms with Crippen LogP contribution in [-0.2, 0) is 21.7 Å². The van der Waals surface area contributed by atoms with Crippen LogP contribution in [0.1, 0.15) is 56.0 Å². The summed E-state index contributed by atoms with van der Waals surface area (Å²) in [6.07, 6.45) is 13.7. The number of nitrogens with one attached hydrogen (secondary N) is 3. The van der Waals surface area contributed by atoms with Crippen molar-refractivity contribution in [2.24, 2.45) is 0 Å². The summed E-state index contributed by atoms with van der Waals surface area (Å²) < 4.78 is -0.168. The first kappa shape index (κ1) is 26.2. The summed E-state index contributed by atoms with van der Waals surface area (Å²) >= 11 is 0.